The molecule has 0 heterocycles. The number of aryl methyl sites for hydroxylation is 1. The van der Waals surface area contributed by atoms with Gasteiger partial charge in [-0.25, -0.2) is 9.18 Å². The SMILES string of the molecule is Cc1ccc([N+](=O)[O-])c(F)c1.O=C(O)c1ccc(F)c([N+](=O)[O-])c1.O=[N+]([O-])c1cc(Br)ccc1F.O=[N+]([O-])c1cc(C(F)(F)F)ccc1F.O=[N+]([O-])c1cc(F)ccc1F.O=[N+]([O-])c1ccc(Cl)cc1F.O=[N+]([O-])c1ccccc1F. The molecule has 36 heteroatoms. The summed E-state index contributed by atoms with van der Waals surface area (Å²) < 4.78 is 137. The van der Waals surface area contributed by atoms with E-state index in [0.29, 0.717) is 40.4 Å². The number of benzene rings is 7. The number of nitrogens with zero attached hydrogens (tertiary/aromatic N) is 7. The molecular weight excluding hydrogens is 1220 g/mol. The molecule has 7 aromatic carbocycles. The van der Waals surface area contributed by atoms with E-state index in [0.717, 1.165) is 66.7 Å². The van der Waals surface area contributed by atoms with Gasteiger partial charge in [0.2, 0.25) is 40.7 Å². The highest BCUT2D eigenvalue weighted by Crippen LogP contribution is 2.32. The van der Waals surface area contributed by atoms with Gasteiger partial charge in [-0.3, -0.25) is 70.8 Å². The molecule has 0 aliphatic heterocycles. The van der Waals surface area contributed by atoms with Gasteiger partial charge in [0.1, 0.15) is 5.82 Å². The molecule has 0 aromatic heterocycles. The van der Waals surface area contributed by atoms with Crippen molar-refractivity contribution in [2.45, 2.75) is 13.1 Å². The van der Waals surface area contributed by atoms with Crippen LogP contribution in [-0.2, 0) is 6.18 Å². The largest absolute Gasteiger partial charge is 0.478 e. The molecule has 0 aliphatic rings. The number of halogens is 13. The minimum atomic E-state index is -4.71. The molecule has 0 saturated heterocycles. The van der Waals surface area contributed by atoms with Crippen LogP contribution in [-0.4, -0.2) is 45.5 Å². The van der Waals surface area contributed by atoms with E-state index in [2.05, 4.69) is 15.9 Å². The lowest BCUT2D eigenvalue weighted by Crippen LogP contribution is -2.06. The molecule has 0 amide bonds. The number of carboxylic acids is 1. The smallest absolute Gasteiger partial charge is 0.416 e. The standard InChI is InChI=1S/C7H3F4NO2.C7H4FNO4.C7H6FNO2.C6H3BrFNO2.C6H3ClFNO2.C6H3F2NO2.C6H4FNO2/c8-5-2-1-4(7(9,10)11)3-6(5)12(13)14;8-5-2-1-4(7(10)11)3-6(5)9(12)13;1-5-2-3-7(9(10)11)6(8)4-5;7-4-1-2-5(8)6(3-4)9(10)11;7-4-1-2-6(9(10)11)5(8)3-4;7-4-1-2-5(8)6(3-4)9(10)11;7-5-3-1-2-4-6(5)8(9)10/h1-3H;1-3H,(H,10,11);2-4H,1H3;3*1-3H;1-4H. The zero-order valence-corrected chi connectivity index (χ0v) is 41.7. The van der Waals surface area contributed by atoms with Gasteiger partial charge in [-0.2, -0.15) is 43.9 Å². The number of hydrogen-bond donors (Lipinski definition) is 1. The molecule has 81 heavy (non-hydrogen) atoms. The summed E-state index contributed by atoms with van der Waals surface area (Å²) in [5.74, 6) is -8.83. The maximum Gasteiger partial charge on any atom is 0.416 e. The molecule has 0 radical (unpaired) electrons. The number of rotatable bonds is 8. The summed E-state index contributed by atoms with van der Waals surface area (Å²) in [6, 6.07) is 21.1. The summed E-state index contributed by atoms with van der Waals surface area (Å²) in [7, 11) is 0. The molecule has 428 valence electrons. The molecule has 7 rings (SSSR count). The second-order valence-corrected chi connectivity index (χ2v) is 15.5. The first-order chi connectivity index (χ1) is 37.5. The highest BCUT2D eigenvalue weighted by atomic mass is 79.9. The summed E-state index contributed by atoms with van der Waals surface area (Å²) in [6.45, 7) is 1.67. The van der Waals surface area contributed by atoms with Crippen LogP contribution in [0.1, 0.15) is 21.5 Å². The van der Waals surface area contributed by atoms with E-state index in [-0.39, 0.29) is 16.7 Å². The van der Waals surface area contributed by atoms with Crippen LogP contribution < -0.4 is 0 Å². The highest BCUT2D eigenvalue weighted by molar-refractivity contribution is 9.10. The molecule has 0 spiro atoms. The second-order valence-electron chi connectivity index (χ2n) is 14.1. The number of aromatic carboxylic acids is 1. The minimum Gasteiger partial charge on any atom is -0.478 e. The van der Waals surface area contributed by atoms with Crippen molar-refractivity contribution in [3.63, 3.8) is 0 Å². The van der Waals surface area contributed by atoms with Gasteiger partial charge in [0.05, 0.1) is 51.7 Å². The van der Waals surface area contributed by atoms with E-state index in [1.165, 1.54) is 30.3 Å². The minimum absolute atomic E-state index is 0.146. The van der Waals surface area contributed by atoms with Crippen LogP contribution in [0.25, 0.3) is 0 Å². The Morgan fingerprint density at radius 2 is 0.802 bits per heavy atom. The third-order valence-electron chi connectivity index (χ3n) is 8.53. The fourth-order valence-electron chi connectivity index (χ4n) is 4.86. The average Bonchev–Trinajstić information content (AvgIpc) is 3.36. The van der Waals surface area contributed by atoms with Crippen LogP contribution in [0.5, 0.6) is 0 Å². The Labute approximate surface area is 454 Å². The maximum absolute atomic E-state index is 12.7. The van der Waals surface area contributed by atoms with Gasteiger partial charge in [0.25, 0.3) is 0 Å². The lowest BCUT2D eigenvalue weighted by molar-refractivity contribution is -0.387. The predicted molar refractivity (Wildman–Crippen MR) is 261 cm³/mol. The topological polar surface area (TPSA) is 339 Å². The number of nitro benzene ring substituents is 7. The summed E-state index contributed by atoms with van der Waals surface area (Å²) in [4.78, 5) is 74.6. The fraction of sp³-hybridized carbons (Fsp3) is 0.0444. The van der Waals surface area contributed by atoms with Crippen LogP contribution in [0, 0.1) is 124 Å². The van der Waals surface area contributed by atoms with Gasteiger partial charge in [-0.15, -0.1) is 0 Å². The fourth-order valence-corrected chi connectivity index (χ4v) is 5.36. The van der Waals surface area contributed by atoms with E-state index in [4.69, 9.17) is 16.7 Å². The first-order valence-electron chi connectivity index (χ1n) is 20.3. The molecule has 0 saturated carbocycles. The van der Waals surface area contributed by atoms with Gasteiger partial charge >= 0.3 is 52.0 Å². The summed E-state index contributed by atoms with van der Waals surface area (Å²) in [5, 5.41) is 79.1. The van der Waals surface area contributed by atoms with Gasteiger partial charge in [0, 0.05) is 45.9 Å². The first-order valence-corrected chi connectivity index (χ1v) is 21.4. The van der Waals surface area contributed by atoms with Crippen molar-refractivity contribution in [2.24, 2.45) is 0 Å². The zero-order valence-electron chi connectivity index (χ0n) is 39.3. The van der Waals surface area contributed by atoms with Crippen LogP contribution in [0.2, 0.25) is 5.02 Å². The van der Waals surface area contributed by atoms with E-state index in [1.54, 1.807) is 6.92 Å². The lowest BCUT2D eigenvalue weighted by Gasteiger charge is -2.05. The zero-order chi connectivity index (χ0) is 62.2. The van der Waals surface area contributed by atoms with Gasteiger partial charge in [-0.1, -0.05) is 45.7 Å². The number of carboxylic acid groups (broad SMARTS) is 1. The third kappa shape index (κ3) is 23.5. The Balaban J connectivity index is 0.000000474. The molecule has 0 fully saturated rings. The van der Waals surface area contributed by atoms with E-state index >= 15 is 0 Å². The Hall–Kier alpha value is -10.2. The van der Waals surface area contributed by atoms with Crippen molar-refractivity contribution in [3.05, 3.63) is 277 Å². The molecule has 0 bridgehead atoms. The van der Waals surface area contributed by atoms with Crippen molar-refractivity contribution >= 4 is 73.3 Å². The third-order valence-corrected chi connectivity index (χ3v) is 9.25. The van der Waals surface area contributed by atoms with E-state index in [1.807, 2.05) is 0 Å². The van der Waals surface area contributed by atoms with Gasteiger partial charge in [-0.05, 0) is 85.3 Å². The molecule has 1 N–H and O–H groups in total. The number of carbonyl (C=O) groups is 1. The molecule has 0 atom stereocenters. The number of nitro groups is 7. The van der Waals surface area contributed by atoms with Gasteiger partial charge < -0.3 is 5.11 Å². The molecule has 0 unspecified atom stereocenters. The Bertz CT molecular complexity index is 3360. The summed E-state index contributed by atoms with van der Waals surface area (Å²) >= 11 is 8.35. The van der Waals surface area contributed by atoms with Gasteiger partial charge in [0.15, 0.2) is 0 Å². The van der Waals surface area contributed by atoms with E-state index in [9.17, 15) is 124 Å². The molecule has 0 aliphatic carbocycles. The normalized spacial score (nSPS) is 9.90. The predicted octanol–water partition coefficient (Wildman–Crippen LogP) is 14.7. The second kappa shape index (κ2) is 31.9. The average molecular weight is 1250 g/mol. The van der Waals surface area contributed by atoms with Crippen LogP contribution >= 0.6 is 27.5 Å². The van der Waals surface area contributed by atoms with Crippen LogP contribution in [0.15, 0.2) is 138 Å². The molecule has 7 aromatic rings. The van der Waals surface area contributed by atoms with Crippen molar-refractivity contribution in [1.29, 1.82) is 0 Å². The summed E-state index contributed by atoms with van der Waals surface area (Å²) in [5.41, 5.74) is -5.77. The quantitative estimate of drug-likeness (QED) is 0.0839. The van der Waals surface area contributed by atoms with Crippen molar-refractivity contribution in [2.75, 3.05) is 0 Å². The molecular formula is C45H26BrClF11N7O16. The van der Waals surface area contributed by atoms with Crippen molar-refractivity contribution in [1.82, 2.24) is 0 Å². The summed E-state index contributed by atoms with van der Waals surface area (Å²) in [6.07, 6.45) is -4.71. The number of para-hydroxylation sites is 1. The Kier molecular flexibility index (Phi) is 27.1. The lowest BCUT2D eigenvalue weighted by atomic mass is 10.2. The Morgan fingerprint density at radius 1 is 0.432 bits per heavy atom. The monoisotopic (exact) mass is 1240 g/mol. The van der Waals surface area contributed by atoms with Crippen molar-refractivity contribution in [3.8, 4) is 0 Å². The number of hydrogen-bond acceptors (Lipinski definition) is 15. The maximum atomic E-state index is 12.7. The molecule has 23 nitrogen and oxygen atoms in total. The Morgan fingerprint density at radius 3 is 1.20 bits per heavy atom. The first kappa shape index (κ1) is 68.8. The van der Waals surface area contributed by atoms with E-state index < -0.39 is 139 Å². The van der Waals surface area contributed by atoms with Crippen molar-refractivity contribution < 1.29 is 92.7 Å². The van der Waals surface area contributed by atoms with Crippen LogP contribution in [0.3, 0.4) is 0 Å². The number of alkyl halides is 3. The van der Waals surface area contributed by atoms with Crippen LogP contribution in [0.4, 0.5) is 88.1 Å². The highest BCUT2D eigenvalue weighted by Gasteiger charge is 2.33.